The number of halogens is 1. The fourth-order valence-corrected chi connectivity index (χ4v) is 2.26. The van der Waals surface area contributed by atoms with E-state index < -0.39 is 0 Å². The lowest BCUT2D eigenvalue weighted by atomic mass is 10.1. The number of nitrogens with zero attached hydrogens (tertiary/aromatic N) is 1. The van der Waals surface area contributed by atoms with Gasteiger partial charge in [0.05, 0.1) is 5.02 Å². The van der Waals surface area contributed by atoms with Crippen LogP contribution in [0, 0.1) is 0 Å². The van der Waals surface area contributed by atoms with Crippen molar-refractivity contribution in [1.29, 1.82) is 0 Å². The average molecular weight is 297 g/mol. The van der Waals surface area contributed by atoms with Gasteiger partial charge in [0.2, 0.25) is 5.91 Å². The minimum absolute atomic E-state index is 0.00316. The fraction of sp³-hybridized carbons (Fsp3) is 0.625. The normalized spacial score (nSPS) is 10.5. The predicted octanol–water partition coefficient (Wildman–Crippen LogP) is 5.20. The number of carbonyl (C=O) groups is 1. The predicted molar refractivity (Wildman–Crippen MR) is 85.1 cm³/mol. The Kier molecular flexibility index (Phi) is 9.05. The second-order valence-electron chi connectivity index (χ2n) is 5.11. The highest BCUT2D eigenvalue weighted by atomic mass is 35.5. The van der Waals surface area contributed by atoms with Gasteiger partial charge in [0, 0.05) is 12.6 Å². The van der Waals surface area contributed by atoms with Crippen LogP contribution in [0.25, 0.3) is 0 Å². The summed E-state index contributed by atoms with van der Waals surface area (Å²) in [6, 6.07) is 3.47. The lowest BCUT2D eigenvalue weighted by Crippen LogP contribution is -2.12. The second kappa shape index (κ2) is 10.7. The van der Waals surface area contributed by atoms with Gasteiger partial charge in [-0.15, -0.1) is 0 Å². The van der Waals surface area contributed by atoms with Crippen LogP contribution in [-0.4, -0.2) is 10.9 Å². The largest absolute Gasteiger partial charge is 0.309 e. The van der Waals surface area contributed by atoms with Crippen molar-refractivity contribution in [3.63, 3.8) is 0 Å². The minimum atomic E-state index is -0.00316. The number of anilines is 1. The quantitative estimate of drug-likeness (QED) is 0.603. The third kappa shape index (κ3) is 7.49. The van der Waals surface area contributed by atoms with Gasteiger partial charge in [-0.2, -0.15) is 0 Å². The van der Waals surface area contributed by atoms with Crippen LogP contribution < -0.4 is 5.32 Å². The molecule has 1 rings (SSSR count). The van der Waals surface area contributed by atoms with Crippen molar-refractivity contribution < 1.29 is 4.79 Å². The highest BCUT2D eigenvalue weighted by molar-refractivity contribution is 6.33. The van der Waals surface area contributed by atoms with Gasteiger partial charge in [-0.3, -0.25) is 4.79 Å². The van der Waals surface area contributed by atoms with Crippen LogP contribution >= 0.6 is 11.6 Å². The highest BCUT2D eigenvalue weighted by Gasteiger charge is 2.05. The van der Waals surface area contributed by atoms with E-state index in [2.05, 4.69) is 17.2 Å². The number of rotatable bonds is 10. The highest BCUT2D eigenvalue weighted by Crippen LogP contribution is 2.18. The molecule has 0 unspecified atom stereocenters. The first-order valence-electron chi connectivity index (χ1n) is 7.64. The first-order valence-corrected chi connectivity index (χ1v) is 8.02. The zero-order chi connectivity index (χ0) is 14.6. The molecule has 0 aliphatic carbocycles. The lowest BCUT2D eigenvalue weighted by Gasteiger charge is -2.05. The van der Waals surface area contributed by atoms with Gasteiger partial charge in [0.1, 0.15) is 0 Å². The summed E-state index contributed by atoms with van der Waals surface area (Å²) >= 11 is 5.94. The topological polar surface area (TPSA) is 42.0 Å². The zero-order valence-corrected chi connectivity index (χ0v) is 13.1. The van der Waals surface area contributed by atoms with Crippen molar-refractivity contribution in [3.8, 4) is 0 Å². The summed E-state index contributed by atoms with van der Waals surface area (Å²) in [7, 11) is 0. The number of pyridine rings is 1. The van der Waals surface area contributed by atoms with Crippen molar-refractivity contribution in [2.24, 2.45) is 0 Å². The molecule has 0 aromatic carbocycles. The van der Waals surface area contributed by atoms with Gasteiger partial charge in [0.15, 0.2) is 5.82 Å². The number of hydrogen-bond donors (Lipinski definition) is 1. The monoisotopic (exact) mass is 296 g/mol. The fourth-order valence-electron chi connectivity index (χ4n) is 2.09. The molecule has 0 radical (unpaired) electrons. The molecule has 1 aromatic rings. The Bertz CT molecular complexity index is 396. The molecule has 1 heterocycles. The summed E-state index contributed by atoms with van der Waals surface area (Å²) in [5.74, 6) is 0.454. The van der Waals surface area contributed by atoms with E-state index in [1.165, 1.54) is 38.5 Å². The van der Waals surface area contributed by atoms with Crippen molar-refractivity contribution in [2.75, 3.05) is 5.32 Å². The average Bonchev–Trinajstić information content (AvgIpc) is 2.44. The molecular weight excluding hydrogens is 272 g/mol. The maximum atomic E-state index is 11.7. The molecule has 0 bridgehead atoms. The third-order valence-electron chi connectivity index (χ3n) is 3.27. The van der Waals surface area contributed by atoms with Gasteiger partial charge < -0.3 is 5.32 Å². The van der Waals surface area contributed by atoms with Gasteiger partial charge in [0.25, 0.3) is 0 Å². The third-order valence-corrected chi connectivity index (χ3v) is 3.58. The maximum Gasteiger partial charge on any atom is 0.225 e. The van der Waals surface area contributed by atoms with Crippen LogP contribution in [0.1, 0.15) is 64.7 Å². The molecule has 1 aromatic heterocycles. The molecule has 0 atom stereocenters. The van der Waals surface area contributed by atoms with Crippen LogP contribution in [0.15, 0.2) is 18.3 Å². The van der Waals surface area contributed by atoms with E-state index in [0.29, 0.717) is 17.3 Å². The number of aromatic nitrogens is 1. The lowest BCUT2D eigenvalue weighted by molar-refractivity contribution is -0.116. The molecule has 112 valence electrons. The molecule has 4 heteroatoms. The van der Waals surface area contributed by atoms with E-state index in [1.807, 2.05) is 0 Å². The second-order valence-corrected chi connectivity index (χ2v) is 5.51. The Labute approximate surface area is 127 Å². The summed E-state index contributed by atoms with van der Waals surface area (Å²) in [5.41, 5.74) is 0. The van der Waals surface area contributed by atoms with Crippen LogP contribution in [0.2, 0.25) is 5.02 Å². The van der Waals surface area contributed by atoms with E-state index in [-0.39, 0.29) is 5.91 Å². The van der Waals surface area contributed by atoms with Crippen LogP contribution in [0.5, 0.6) is 0 Å². The van der Waals surface area contributed by atoms with E-state index in [1.54, 1.807) is 18.3 Å². The van der Waals surface area contributed by atoms with Crippen molar-refractivity contribution in [1.82, 2.24) is 4.98 Å². The first kappa shape index (κ1) is 17.0. The van der Waals surface area contributed by atoms with Crippen molar-refractivity contribution in [2.45, 2.75) is 64.7 Å². The molecule has 20 heavy (non-hydrogen) atoms. The zero-order valence-electron chi connectivity index (χ0n) is 12.3. The molecule has 0 saturated carbocycles. The van der Waals surface area contributed by atoms with Crippen molar-refractivity contribution in [3.05, 3.63) is 23.4 Å². The molecule has 0 aliphatic heterocycles. The maximum absolute atomic E-state index is 11.7. The molecule has 1 N–H and O–H groups in total. The number of hydrogen-bond acceptors (Lipinski definition) is 2. The summed E-state index contributed by atoms with van der Waals surface area (Å²) in [4.78, 5) is 15.8. The molecule has 3 nitrogen and oxygen atoms in total. The molecule has 0 fully saturated rings. The van der Waals surface area contributed by atoms with E-state index in [4.69, 9.17) is 11.6 Å². The Morgan fingerprint density at radius 2 is 1.80 bits per heavy atom. The summed E-state index contributed by atoms with van der Waals surface area (Å²) in [6.45, 7) is 2.23. The standard InChI is InChI=1S/C16H25ClN2O/c1-2-3-4-5-6-7-8-9-12-15(20)19-16-14(17)11-10-13-18-16/h10-11,13H,2-9,12H2,1H3,(H,18,19,20). The van der Waals surface area contributed by atoms with E-state index >= 15 is 0 Å². The number of unbranched alkanes of at least 4 members (excludes halogenated alkanes) is 7. The van der Waals surface area contributed by atoms with E-state index in [0.717, 1.165) is 12.8 Å². The van der Waals surface area contributed by atoms with Gasteiger partial charge in [-0.05, 0) is 18.6 Å². The van der Waals surface area contributed by atoms with Gasteiger partial charge in [-0.1, -0.05) is 63.5 Å². The molecule has 0 saturated heterocycles. The molecule has 0 aliphatic rings. The summed E-state index contributed by atoms with van der Waals surface area (Å²) in [6.07, 6.45) is 12.0. The Morgan fingerprint density at radius 1 is 1.15 bits per heavy atom. The summed E-state index contributed by atoms with van der Waals surface area (Å²) in [5, 5.41) is 3.23. The number of nitrogens with one attached hydrogen (secondary N) is 1. The van der Waals surface area contributed by atoms with Crippen LogP contribution in [0.4, 0.5) is 5.82 Å². The smallest absolute Gasteiger partial charge is 0.225 e. The van der Waals surface area contributed by atoms with Crippen LogP contribution in [0.3, 0.4) is 0 Å². The van der Waals surface area contributed by atoms with Crippen LogP contribution in [-0.2, 0) is 4.79 Å². The molecular formula is C16H25ClN2O. The SMILES string of the molecule is CCCCCCCCCCC(=O)Nc1ncccc1Cl. The first-order chi connectivity index (χ1) is 9.74. The Morgan fingerprint density at radius 3 is 2.45 bits per heavy atom. The minimum Gasteiger partial charge on any atom is -0.309 e. The van der Waals surface area contributed by atoms with Gasteiger partial charge >= 0.3 is 0 Å². The van der Waals surface area contributed by atoms with Gasteiger partial charge in [-0.25, -0.2) is 4.98 Å². The summed E-state index contributed by atoms with van der Waals surface area (Å²) < 4.78 is 0. The number of amides is 1. The van der Waals surface area contributed by atoms with Crippen molar-refractivity contribution >= 4 is 23.3 Å². The Balaban J connectivity index is 2.05. The Hall–Kier alpha value is -1.09. The molecule has 1 amide bonds. The molecule has 0 spiro atoms. The number of carbonyl (C=O) groups excluding carboxylic acids is 1. The van der Waals surface area contributed by atoms with E-state index in [9.17, 15) is 4.79 Å².